The molecule has 0 atom stereocenters. The van der Waals surface area contributed by atoms with E-state index in [0.29, 0.717) is 18.4 Å². The molecule has 0 fully saturated rings. The van der Waals surface area contributed by atoms with E-state index >= 15 is 0 Å². The van der Waals surface area contributed by atoms with Crippen molar-refractivity contribution < 1.29 is 13.9 Å². The number of ether oxygens (including phenoxy) is 1. The zero-order valence-corrected chi connectivity index (χ0v) is 14.2. The molecule has 0 aromatic carbocycles. The Bertz CT molecular complexity index is 556. The summed E-state index contributed by atoms with van der Waals surface area (Å²) in [6, 6.07) is 0. The molecule has 0 saturated heterocycles. The van der Waals surface area contributed by atoms with E-state index < -0.39 is 5.41 Å². The lowest BCUT2D eigenvalue weighted by molar-refractivity contribution is -0.119. The van der Waals surface area contributed by atoms with Gasteiger partial charge in [0, 0.05) is 24.8 Å². The number of aryl methyl sites for hydroxylation is 1. The van der Waals surface area contributed by atoms with Crippen LogP contribution >= 0.6 is 0 Å². The van der Waals surface area contributed by atoms with Crippen molar-refractivity contribution in [2.75, 3.05) is 6.61 Å². The molecule has 5 heteroatoms. The molecular formula is C17H26N2O3. The predicted molar refractivity (Wildman–Crippen MR) is 86.2 cm³/mol. The minimum atomic E-state index is -0.445. The quantitative estimate of drug-likeness (QED) is 0.590. The van der Waals surface area contributed by atoms with Crippen molar-refractivity contribution in [1.29, 1.82) is 0 Å². The SMILES string of the molecule is C=C(/C=C(/NC(C)=O)OCCC)C(C)(C)c1cnc(CC)o1. The molecule has 122 valence electrons. The van der Waals surface area contributed by atoms with E-state index in [0.717, 1.165) is 24.2 Å². The average molecular weight is 306 g/mol. The number of nitrogens with zero attached hydrogens (tertiary/aromatic N) is 1. The lowest BCUT2D eigenvalue weighted by Gasteiger charge is -2.23. The van der Waals surface area contributed by atoms with Crippen molar-refractivity contribution in [2.45, 2.75) is 52.9 Å². The van der Waals surface area contributed by atoms with Gasteiger partial charge in [-0.25, -0.2) is 4.98 Å². The first kappa shape index (κ1) is 18.0. The van der Waals surface area contributed by atoms with Crippen LogP contribution in [0.2, 0.25) is 0 Å². The zero-order chi connectivity index (χ0) is 16.8. The molecule has 1 N–H and O–H groups in total. The van der Waals surface area contributed by atoms with E-state index in [1.165, 1.54) is 6.92 Å². The number of nitrogens with one attached hydrogen (secondary N) is 1. The molecule has 1 rings (SSSR count). The van der Waals surface area contributed by atoms with E-state index in [2.05, 4.69) is 16.9 Å². The number of rotatable bonds is 8. The number of hydrogen-bond acceptors (Lipinski definition) is 4. The van der Waals surface area contributed by atoms with Gasteiger partial charge in [0.1, 0.15) is 5.76 Å². The number of amides is 1. The molecule has 1 aromatic heterocycles. The summed E-state index contributed by atoms with van der Waals surface area (Å²) < 4.78 is 11.3. The Hall–Kier alpha value is -2.04. The molecule has 22 heavy (non-hydrogen) atoms. The van der Waals surface area contributed by atoms with Gasteiger partial charge in [0.2, 0.25) is 5.91 Å². The van der Waals surface area contributed by atoms with Gasteiger partial charge in [0.05, 0.1) is 12.8 Å². The fourth-order valence-electron chi connectivity index (χ4n) is 1.76. The Morgan fingerprint density at radius 2 is 2.18 bits per heavy atom. The molecule has 0 radical (unpaired) electrons. The van der Waals surface area contributed by atoms with E-state index in [4.69, 9.17) is 9.15 Å². The first-order valence-corrected chi connectivity index (χ1v) is 7.57. The third-order valence-electron chi connectivity index (χ3n) is 3.34. The van der Waals surface area contributed by atoms with E-state index in [-0.39, 0.29) is 5.91 Å². The van der Waals surface area contributed by atoms with Crippen molar-refractivity contribution >= 4 is 5.91 Å². The van der Waals surface area contributed by atoms with Gasteiger partial charge in [-0.05, 0) is 25.8 Å². The highest BCUT2D eigenvalue weighted by Crippen LogP contribution is 2.32. The molecule has 0 aliphatic rings. The number of allylic oxidation sites excluding steroid dienone is 2. The van der Waals surface area contributed by atoms with Crippen molar-refractivity contribution in [1.82, 2.24) is 10.3 Å². The standard InChI is InChI=1S/C17H26N2O3/c1-7-9-21-16(19-13(4)20)10-12(3)17(5,6)14-11-18-15(8-2)22-14/h10-11H,3,7-9H2,1-2,4-6H3,(H,19,20)/b16-10-. The lowest BCUT2D eigenvalue weighted by Crippen LogP contribution is -2.24. The summed E-state index contributed by atoms with van der Waals surface area (Å²) in [5.74, 6) is 1.66. The molecule has 1 heterocycles. The monoisotopic (exact) mass is 306 g/mol. The summed E-state index contributed by atoms with van der Waals surface area (Å²) in [6.07, 6.45) is 5.07. The van der Waals surface area contributed by atoms with Crippen LogP contribution in [-0.2, 0) is 21.4 Å². The van der Waals surface area contributed by atoms with Crippen LogP contribution in [0.25, 0.3) is 0 Å². The zero-order valence-electron chi connectivity index (χ0n) is 14.2. The first-order valence-electron chi connectivity index (χ1n) is 7.57. The molecule has 0 spiro atoms. The summed E-state index contributed by atoms with van der Waals surface area (Å²) in [6.45, 7) is 14.1. The summed E-state index contributed by atoms with van der Waals surface area (Å²) in [4.78, 5) is 15.5. The summed E-state index contributed by atoms with van der Waals surface area (Å²) >= 11 is 0. The summed E-state index contributed by atoms with van der Waals surface area (Å²) in [5, 5.41) is 2.68. The molecule has 1 amide bonds. The normalized spacial score (nSPS) is 12.1. The van der Waals surface area contributed by atoms with Crippen molar-refractivity contribution in [3.05, 3.63) is 42.0 Å². The van der Waals surface area contributed by atoms with E-state index in [9.17, 15) is 4.79 Å². The Labute approximate surface area is 132 Å². The summed E-state index contributed by atoms with van der Waals surface area (Å²) in [5.41, 5.74) is 0.325. The molecule has 0 unspecified atom stereocenters. The maximum Gasteiger partial charge on any atom is 0.223 e. The number of oxazole rings is 1. The Morgan fingerprint density at radius 3 is 2.68 bits per heavy atom. The fourth-order valence-corrected chi connectivity index (χ4v) is 1.76. The highest BCUT2D eigenvalue weighted by Gasteiger charge is 2.28. The van der Waals surface area contributed by atoms with Gasteiger partial charge >= 0.3 is 0 Å². The van der Waals surface area contributed by atoms with Gasteiger partial charge in [0.25, 0.3) is 0 Å². The minimum Gasteiger partial charge on any atom is -0.479 e. The van der Waals surface area contributed by atoms with Crippen molar-refractivity contribution in [2.24, 2.45) is 0 Å². The van der Waals surface area contributed by atoms with Crippen LogP contribution in [0.3, 0.4) is 0 Å². The maximum atomic E-state index is 11.3. The van der Waals surface area contributed by atoms with Crippen LogP contribution in [0.15, 0.2) is 34.7 Å². The predicted octanol–water partition coefficient (Wildman–Crippen LogP) is 3.47. The van der Waals surface area contributed by atoms with Gasteiger partial charge in [-0.3, -0.25) is 10.1 Å². The lowest BCUT2D eigenvalue weighted by atomic mass is 9.83. The van der Waals surface area contributed by atoms with E-state index in [1.807, 2.05) is 27.7 Å². The van der Waals surface area contributed by atoms with Gasteiger partial charge < -0.3 is 9.15 Å². The maximum absolute atomic E-state index is 11.3. The van der Waals surface area contributed by atoms with Gasteiger partial charge in [-0.1, -0.05) is 20.4 Å². The largest absolute Gasteiger partial charge is 0.479 e. The van der Waals surface area contributed by atoms with Crippen LogP contribution in [0.1, 0.15) is 52.7 Å². The molecular weight excluding hydrogens is 280 g/mol. The average Bonchev–Trinajstić information content (AvgIpc) is 2.93. The minimum absolute atomic E-state index is 0.180. The second kappa shape index (κ2) is 7.82. The molecule has 0 aliphatic heterocycles. The number of aromatic nitrogens is 1. The number of carbonyl (C=O) groups excluding carboxylic acids is 1. The molecule has 0 bridgehead atoms. The first-order chi connectivity index (χ1) is 10.3. The smallest absolute Gasteiger partial charge is 0.223 e. The second-order valence-corrected chi connectivity index (χ2v) is 5.66. The molecule has 5 nitrogen and oxygen atoms in total. The van der Waals surface area contributed by atoms with Crippen LogP contribution in [0.4, 0.5) is 0 Å². The Balaban J connectivity index is 2.97. The van der Waals surface area contributed by atoms with Crippen molar-refractivity contribution in [3.63, 3.8) is 0 Å². The van der Waals surface area contributed by atoms with Gasteiger partial charge in [-0.15, -0.1) is 0 Å². The topological polar surface area (TPSA) is 64.4 Å². The van der Waals surface area contributed by atoms with Gasteiger partial charge in [-0.2, -0.15) is 0 Å². The Morgan fingerprint density at radius 1 is 1.50 bits per heavy atom. The summed E-state index contributed by atoms with van der Waals surface area (Å²) in [7, 11) is 0. The van der Waals surface area contributed by atoms with Crippen LogP contribution < -0.4 is 5.32 Å². The number of carbonyl (C=O) groups is 1. The third-order valence-corrected chi connectivity index (χ3v) is 3.34. The molecule has 0 aliphatic carbocycles. The van der Waals surface area contributed by atoms with Crippen LogP contribution in [-0.4, -0.2) is 17.5 Å². The number of hydrogen-bond donors (Lipinski definition) is 1. The van der Waals surface area contributed by atoms with Crippen LogP contribution in [0.5, 0.6) is 0 Å². The molecule has 0 saturated carbocycles. The fraction of sp³-hybridized carbons (Fsp3) is 0.529. The molecule has 1 aromatic rings. The van der Waals surface area contributed by atoms with E-state index in [1.54, 1.807) is 12.3 Å². The highest BCUT2D eigenvalue weighted by molar-refractivity contribution is 5.74. The van der Waals surface area contributed by atoms with Crippen molar-refractivity contribution in [3.8, 4) is 0 Å². The van der Waals surface area contributed by atoms with Crippen LogP contribution in [0, 0.1) is 0 Å². The highest BCUT2D eigenvalue weighted by atomic mass is 16.5. The van der Waals surface area contributed by atoms with Gasteiger partial charge in [0.15, 0.2) is 11.8 Å². The Kier molecular flexibility index (Phi) is 6.40. The second-order valence-electron chi connectivity index (χ2n) is 5.66. The third kappa shape index (κ3) is 4.76.